The molecular weight excluding hydrogens is 362 g/mol. The van der Waals surface area contributed by atoms with Crippen LogP contribution in [0.3, 0.4) is 0 Å². The van der Waals surface area contributed by atoms with Gasteiger partial charge >= 0.3 is 5.97 Å². The Bertz CT molecular complexity index is 371. The molecule has 0 aliphatic rings. The van der Waals surface area contributed by atoms with Gasteiger partial charge in [0, 0.05) is 6.42 Å². The van der Waals surface area contributed by atoms with Gasteiger partial charge in [0.05, 0.1) is 20.6 Å². The molecule has 0 aliphatic heterocycles. The number of aliphatic hydroxyl groups is 1. The van der Waals surface area contributed by atoms with Gasteiger partial charge in [-0.05, 0) is 25.7 Å². The van der Waals surface area contributed by atoms with Crippen LogP contribution in [0.5, 0.6) is 0 Å². The van der Waals surface area contributed by atoms with Crippen molar-refractivity contribution < 1.29 is 19.5 Å². The molecule has 0 saturated carbocycles. The van der Waals surface area contributed by atoms with Gasteiger partial charge in [-0.25, -0.2) is 0 Å². The van der Waals surface area contributed by atoms with Gasteiger partial charge in [0.15, 0.2) is 0 Å². The maximum absolute atomic E-state index is 10.5. The van der Waals surface area contributed by atoms with E-state index in [4.69, 9.17) is 5.11 Å². The molecule has 2 N–H and O–H groups in total. The van der Waals surface area contributed by atoms with Crippen LogP contribution >= 0.6 is 0 Å². The van der Waals surface area contributed by atoms with Crippen LogP contribution in [-0.4, -0.2) is 54.0 Å². The van der Waals surface area contributed by atoms with Crippen molar-refractivity contribution in [3.05, 3.63) is 0 Å². The standard InChI is InChI=1S/C25H51NO3/c1-4-5-6-7-8-11-14-17-20-24(27)23-26(2,3)22-19-16-13-10-9-12-15-18-21-25(28)29/h24,27H,4-23H2,1-3H3/p+1. The van der Waals surface area contributed by atoms with Gasteiger partial charge in [-0.2, -0.15) is 0 Å². The molecule has 4 heteroatoms. The maximum atomic E-state index is 10.5. The molecule has 0 aromatic carbocycles. The smallest absolute Gasteiger partial charge is 0.303 e. The zero-order valence-electron chi connectivity index (χ0n) is 20.0. The van der Waals surface area contributed by atoms with E-state index in [9.17, 15) is 9.90 Å². The fourth-order valence-electron chi connectivity index (χ4n) is 4.14. The summed E-state index contributed by atoms with van der Waals surface area (Å²) in [6, 6.07) is 0. The summed E-state index contributed by atoms with van der Waals surface area (Å²) in [6.07, 6.45) is 21.0. The van der Waals surface area contributed by atoms with E-state index in [1.54, 1.807) is 0 Å². The van der Waals surface area contributed by atoms with Crippen molar-refractivity contribution in [1.29, 1.82) is 0 Å². The van der Waals surface area contributed by atoms with E-state index < -0.39 is 5.97 Å². The van der Waals surface area contributed by atoms with Gasteiger partial charge in [0.25, 0.3) is 0 Å². The highest BCUT2D eigenvalue weighted by atomic mass is 16.4. The highest BCUT2D eigenvalue weighted by Crippen LogP contribution is 2.14. The Hall–Kier alpha value is -0.610. The van der Waals surface area contributed by atoms with E-state index in [-0.39, 0.29) is 6.10 Å². The van der Waals surface area contributed by atoms with Crippen LogP contribution in [0.1, 0.15) is 122 Å². The number of likely N-dealkylation sites (N-methyl/N-ethyl adjacent to an activating group) is 1. The molecule has 4 nitrogen and oxygen atoms in total. The van der Waals surface area contributed by atoms with Crippen molar-refractivity contribution in [2.75, 3.05) is 27.2 Å². The molecule has 0 heterocycles. The zero-order chi connectivity index (χ0) is 21.8. The predicted molar refractivity (Wildman–Crippen MR) is 124 cm³/mol. The molecule has 0 rings (SSSR count). The van der Waals surface area contributed by atoms with E-state index in [2.05, 4.69) is 21.0 Å². The first-order chi connectivity index (χ1) is 13.9. The van der Waals surface area contributed by atoms with Crippen LogP contribution in [0.25, 0.3) is 0 Å². The van der Waals surface area contributed by atoms with Crippen molar-refractivity contribution in [3.8, 4) is 0 Å². The third kappa shape index (κ3) is 21.9. The number of hydrogen-bond donors (Lipinski definition) is 2. The monoisotopic (exact) mass is 414 g/mol. The highest BCUT2D eigenvalue weighted by Gasteiger charge is 2.19. The minimum absolute atomic E-state index is 0.157. The Kier molecular flexibility index (Phi) is 19.0. The number of aliphatic hydroxyl groups excluding tert-OH is 1. The number of carbonyl (C=O) groups is 1. The quantitative estimate of drug-likeness (QED) is 0.156. The fraction of sp³-hybridized carbons (Fsp3) is 0.960. The van der Waals surface area contributed by atoms with Crippen molar-refractivity contribution in [1.82, 2.24) is 0 Å². The van der Waals surface area contributed by atoms with Crippen LogP contribution in [0, 0.1) is 0 Å². The highest BCUT2D eigenvalue weighted by molar-refractivity contribution is 5.66. The van der Waals surface area contributed by atoms with Crippen molar-refractivity contribution in [3.63, 3.8) is 0 Å². The van der Waals surface area contributed by atoms with Gasteiger partial charge in [-0.3, -0.25) is 4.79 Å². The number of quaternary nitrogens is 1. The lowest BCUT2D eigenvalue weighted by molar-refractivity contribution is -0.893. The minimum atomic E-state index is -0.673. The van der Waals surface area contributed by atoms with Crippen LogP contribution < -0.4 is 0 Å². The number of rotatable bonds is 22. The number of aliphatic carboxylic acids is 1. The molecule has 1 unspecified atom stereocenters. The van der Waals surface area contributed by atoms with Crippen LogP contribution in [0.4, 0.5) is 0 Å². The van der Waals surface area contributed by atoms with Crippen molar-refractivity contribution in [2.45, 2.75) is 129 Å². The lowest BCUT2D eigenvalue weighted by Gasteiger charge is -2.32. The molecule has 0 aliphatic carbocycles. The molecule has 0 aromatic heterocycles. The normalized spacial score (nSPS) is 13.0. The summed E-state index contributed by atoms with van der Waals surface area (Å²) in [4.78, 5) is 10.5. The van der Waals surface area contributed by atoms with Gasteiger partial charge in [-0.1, -0.05) is 90.4 Å². The Morgan fingerprint density at radius 3 is 1.69 bits per heavy atom. The zero-order valence-corrected chi connectivity index (χ0v) is 20.0. The first kappa shape index (κ1) is 28.4. The first-order valence-electron chi connectivity index (χ1n) is 12.6. The van der Waals surface area contributed by atoms with Gasteiger partial charge in [0.2, 0.25) is 0 Å². The largest absolute Gasteiger partial charge is 0.481 e. The minimum Gasteiger partial charge on any atom is -0.481 e. The number of unbranched alkanes of at least 4 members (excludes halogenated alkanes) is 14. The average molecular weight is 415 g/mol. The Morgan fingerprint density at radius 1 is 0.724 bits per heavy atom. The molecule has 0 amide bonds. The summed E-state index contributed by atoms with van der Waals surface area (Å²) in [7, 11) is 4.50. The van der Waals surface area contributed by atoms with Crippen molar-refractivity contribution >= 4 is 5.97 Å². The van der Waals surface area contributed by atoms with E-state index in [1.165, 1.54) is 89.9 Å². The summed E-state index contributed by atoms with van der Waals surface area (Å²) >= 11 is 0. The van der Waals surface area contributed by atoms with Gasteiger partial charge < -0.3 is 14.7 Å². The molecule has 1 atom stereocenters. The Balaban J connectivity index is 3.51. The molecule has 29 heavy (non-hydrogen) atoms. The van der Waals surface area contributed by atoms with Gasteiger partial charge in [-0.15, -0.1) is 0 Å². The number of nitrogens with zero attached hydrogens (tertiary/aromatic N) is 1. The van der Waals surface area contributed by atoms with E-state index in [0.717, 1.165) is 36.8 Å². The Morgan fingerprint density at radius 2 is 1.17 bits per heavy atom. The average Bonchev–Trinajstić information content (AvgIpc) is 2.64. The third-order valence-corrected chi connectivity index (χ3v) is 6.00. The van der Waals surface area contributed by atoms with E-state index in [0.29, 0.717) is 6.42 Å². The van der Waals surface area contributed by atoms with Crippen LogP contribution in [0.2, 0.25) is 0 Å². The third-order valence-electron chi connectivity index (χ3n) is 6.00. The molecule has 0 saturated heterocycles. The topological polar surface area (TPSA) is 57.5 Å². The second-order valence-corrected chi connectivity index (χ2v) is 9.73. The molecule has 0 spiro atoms. The summed E-state index contributed by atoms with van der Waals surface area (Å²) in [6.45, 7) is 4.28. The molecule has 0 fully saturated rings. The SMILES string of the molecule is CCCCCCCCCCC(O)C[N+](C)(C)CCCCCCCCCCC(=O)O. The molecule has 0 aromatic rings. The van der Waals surface area contributed by atoms with E-state index in [1.807, 2.05) is 0 Å². The number of carboxylic acid groups (broad SMARTS) is 1. The molecular formula is C25H52NO3+. The van der Waals surface area contributed by atoms with Crippen molar-refractivity contribution in [2.24, 2.45) is 0 Å². The Labute approximate surface area is 181 Å². The summed E-state index contributed by atoms with van der Waals surface area (Å²) in [5.74, 6) is -0.673. The number of hydrogen-bond acceptors (Lipinski definition) is 2. The maximum Gasteiger partial charge on any atom is 0.303 e. The molecule has 174 valence electrons. The van der Waals surface area contributed by atoms with E-state index >= 15 is 0 Å². The summed E-state index contributed by atoms with van der Waals surface area (Å²) in [5.41, 5.74) is 0. The van der Waals surface area contributed by atoms with Crippen LogP contribution in [-0.2, 0) is 4.79 Å². The van der Waals surface area contributed by atoms with Gasteiger partial charge in [0.1, 0.15) is 12.6 Å². The summed E-state index contributed by atoms with van der Waals surface area (Å²) in [5, 5.41) is 19.0. The fourth-order valence-corrected chi connectivity index (χ4v) is 4.14. The van der Waals surface area contributed by atoms with Crippen LogP contribution in [0.15, 0.2) is 0 Å². The number of carboxylic acids is 1. The lowest BCUT2D eigenvalue weighted by atomic mass is 10.0. The summed E-state index contributed by atoms with van der Waals surface area (Å²) < 4.78 is 0.924. The molecule has 0 bridgehead atoms. The lowest BCUT2D eigenvalue weighted by Crippen LogP contribution is -2.45. The molecule has 0 radical (unpaired) electrons. The second kappa shape index (κ2) is 19.4. The predicted octanol–water partition coefficient (Wildman–Crippen LogP) is 6.55. The first-order valence-corrected chi connectivity index (χ1v) is 12.6. The second-order valence-electron chi connectivity index (χ2n) is 9.73.